The minimum absolute atomic E-state index is 0.149. The molecule has 0 aliphatic heterocycles. The summed E-state index contributed by atoms with van der Waals surface area (Å²) in [6, 6.07) is 2.22. The first-order chi connectivity index (χ1) is 11.7. The molecular formula is C16H22N2O7. The molecule has 1 atom stereocenters. The second-order valence-corrected chi connectivity index (χ2v) is 5.23. The number of hydrogen-bond donors (Lipinski definition) is 2. The van der Waals surface area contributed by atoms with Gasteiger partial charge in [-0.25, -0.2) is 4.79 Å². The van der Waals surface area contributed by atoms with Crippen LogP contribution in [-0.4, -0.2) is 32.1 Å². The van der Waals surface area contributed by atoms with Gasteiger partial charge in [-0.15, -0.1) is 6.58 Å². The number of aliphatic hydroxyl groups excluding tert-OH is 1. The molecule has 0 spiro atoms. The molecule has 0 unspecified atom stereocenters. The van der Waals surface area contributed by atoms with Crippen molar-refractivity contribution in [2.24, 2.45) is 0 Å². The number of unbranched alkanes of at least 4 members (excludes halogenated alkanes) is 2. The lowest BCUT2D eigenvalue weighted by Crippen LogP contribution is -2.03. The smallest absolute Gasteiger partial charge is 0.336 e. The highest BCUT2D eigenvalue weighted by atomic mass is 16.6. The summed E-state index contributed by atoms with van der Waals surface area (Å²) < 4.78 is 0. The predicted octanol–water partition coefficient (Wildman–Crippen LogP) is 3.70. The molecule has 138 valence electrons. The first-order valence-corrected chi connectivity index (χ1v) is 7.69. The van der Waals surface area contributed by atoms with Crippen LogP contribution in [-0.2, 0) is 0 Å². The molecule has 0 heterocycles. The van der Waals surface area contributed by atoms with Crippen LogP contribution in [0.25, 0.3) is 0 Å². The molecule has 0 aromatic heterocycles. The highest BCUT2D eigenvalue weighted by Crippen LogP contribution is 2.22. The van der Waals surface area contributed by atoms with Crippen molar-refractivity contribution in [2.45, 2.75) is 45.1 Å². The van der Waals surface area contributed by atoms with E-state index in [1.807, 2.05) is 0 Å². The van der Waals surface area contributed by atoms with Crippen molar-refractivity contribution in [3.8, 4) is 0 Å². The molecule has 9 heteroatoms. The van der Waals surface area contributed by atoms with Crippen LogP contribution in [0, 0.1) is 20.2 Å². The van der Waals surface area contributed by atoms with Crippen molar-refractivity contribution in [1.29, 1.82) is 0 Å². The summed E-state index contributed by atoms with van der Waals surface area (Å²) in [5.74, 6) is -1.46. The highest BCUT2D eigenvalue weighted by Gasteiger charge is 2.19. The molecule has 0 radical (unpaired) electrons. The number of aromatic carboxylic acids is 1. The largest absolute Gasteiger partial charge is 0.478 e. The average Bonchev–Trinajstić information content (AvgIpc) is 2.55. The zero-order valence-corrected chi connectivity index (χ0v) is 14.0. The lowest BCUT2D eigenvalue weighted by atomic mass is 10.1. The van der Waals surface area contributed by atoms with Gasteiger partial charge in [0.2, 0.25) is 0 Å². The third-order valence-electron chi connectivity index (χ3n) is 3.15. The molecule has 2 N–H and O–H groups in total. The van der Waals surface area contributed by atoms with Crippen molar-refractivity contribution in [2.75, 3.05) is 0 Å². The SMILES string of the molecule is C=CC[C@@H](O)CCCCC.O=C(O)c1cc([N+](=O)[O-])cc([N+](=O)[O-])c1. The van der Waals surface area contributed by atoms with Crippen molar-refractivity contribution in [3.05, 3.63) is 56.6 Å². The normalized spacial score (nSPS) is 11.0. The molecule has 0 aliphatic rings. The van der Waals surface area contributed by atoms with Gasteiger partial charge in [-0.05, 0) is 12.8 Å². The number of carboxylic acid groups (broad SMARTS) is 1. The lowest BCUT2D eigenvalue weighted by molar-refractivity contribution is -0.394. The molecule has 1 rings (SSSR count). The number of benzene rings is 1. The van der Waals surface area contributed by atoms with Gasteiger partial charge in [0.15, 0.2) is 0 Å². The maximum Gasteiger partial charge on any atom is 0.336 e. The molecule has 0 aliphatic carbocycles. The summed E-state index contributed by atoms with van der Waals surface area (Å²) in [4.78, 5) is 29.4. The maximum absolute atomic E-state index is 10.5. The van der Waals surface area contributed by atoms with Crippen LogP contribution in [0.3, 0.4) is 0 Å². The number of carbonyl (C=O) groups is 1. The molecule has 0 saturated carbocycles. The third-order valence-corrected chi connectivity index (χ3v) is 3.15. The summed E-state index contributed by atoms with van der Waals surface area (Å²) in [6.07, 6.45) is 6.89. The van der Waals surface area contributed by atoms with E-state index in [9.17, 15) is 30.1 Å². The standard InChI is InChI=1S/C9H18O.C7H4N2O6/c1-3-5-6-8-9(10)7-4-2;10-7(11)4-1-5(8(12)13)3-6(2-4)9(14)15/h4,9-10H,2-3,5-8H2,1H3;1-3H,(H,10,11)/t9-;/m1./s1. The number of non-ortho nitro benzene ring substituents is 2. The van der Waals surface area contributed by atoms with Gasteiger partial charge in [0.05, 0.1) is 27.6 Å². The zero-order chi connectivity index (χ0) is 19.4. The number of carboxylic acids is 1. The van der Waals surface area contributed by atoms with E-state index in [1.165, 1.54) is 12.8 Å². The predicted molar refractivity (Wildman–Crippen MR) is 91.7 cm³/mol. The van der Waals surface area contributed by atoms with Crippen LogP contribution in [0.1, 0.15) is 49.4 Å². The Balaban J connectivity index is 0.000000504. The molecule has 0 fully saturated rings. The van der Waals surface area contributed by atoms with Gasteiger partial charge in [0, 0.05) is 12.1 Å². The fourth-order valence-corrected chi connectivity index (χ4v) is 1.87. The van der Waals surface area contributed by atoms with Crippen LogP contribution < -0.4 is 0 Å². The summed E-state index contributed by atoms with van der Waals surface area (Å²) in [5.41, 5.74) is -1.74. The Bertz CT molecular complexity index is 537. The van der Waals surface area contributed by atoms with E-state index >= 15 is 0 Å². The van der Waals surface area contributed by atoms with Crippen LogP contribution in [0.5, 0.6) is 0 Å². The van der Waals surface area contributed by atoms with Crippen LogP contribution >= 0.6 is 0 Å². The molecular weight excluding hydrogens is 332 g/mol. The van der Waals surface area contributed by atoms with E-state index in [1.54, 1.807) is 6.08 Å². The lowest BCUT2D eigenvalue weighted by Gasteiger charge is -2.05. The van der Waals surface area contributed by atoms with Gasteiger partial charge in [0.1, 0.15) is 0 Å². The number of hydrogen-bond acceptors (Lipinski definition) is 6. The van der Waals surface area contributed by atoms with Crippen molar-refractivity contribution in [1.82, 2.24) is 0 Å². The highest BCUT2D eigenvalue weighted by molar-refractivity contribution is 5.89. The topological polar surface area (TPSA) is 144 Å². The van der Waals surface area contributed by atoms with E-state index < -0.39 is 32.8 Å². The zero-order valence-electron chi connectivity index (χ0n) is 14.0. The van der Waals surface area contributed by atoms with E-state index in [0.29, 0.717) is 6.07 Å². The van der Waals surface area contributed by atoms with Crippen LogP contribution in [0.15, 0.2) is 30.9 Å². The second-order valence-electron chi connectivity index (χ2n) is 5.23. The first-order valence-electron chi connectivity index (χ1n) is 7.69. The molecule has 1 aromatic carbocycles. The fraction of sp³-hybridized carbons (Fsp3) is 0.438. The Morgan fingerprint density at radius 3 is 2.08 bits per heavy atom. The minimum atomic E-state index is -1.46. The number of nitrogens with zero attached hydrogens (tertiary/aromatic N) is 2. The quantitative estimate of drug-likeness (QED) is 0.297. The van der Waals surface area contributed by atoms with Gasteiger partial charge in [0.25, 0.3) is 11.4 Å². The molecule has 0 amide bonds. The average molecular weight is 354 g/mol. The monoisotopic (exact) mass is 354 g/mol. The molecule has 9 nitrogen and oxygen atoms in total. The van der Waals surface area contributed by atoms with E-state index in [-0.39, 0.29) is 6.10 Å². The van der Waals surface area contributed by atoms with Crippen molar-refractivity contribution in [3.63, 3.8) is 0 Å². The third kappa shape index (κ3) is 9.16. The summed E-state index contributed by atoms with van der Waals surface area (Å²) in [7, 11) is 0. The number of rotatable bonds is 9. The Hall–Kier alpha value is -2.81. The van der Waals surface area contributed by atoms with Crippen LogP contribution in [0.2, 0.25) is 0 Å². The van der Waals surface area contributed by atoms with Gasteiger partial charge < -0.3 is 10.2 Å². The van der Waals surface area contributed by atoms with Crippen molar-refractivity contribution < 1.29 is 24.9 Å². The summed E-state index contributed by atoms with van der Waals surface area (Å²) in [6.45, 7) is 5.74. The molecule has 1 aromatic rings. The van der Waals surface area contributed by atoms with Gasteiger partial charge >= 0.3 is 5.97 Å². The maximum atomic E-state index is 10.5. The Kier molecular flexibility index (Phi) is 10.4. The number of nitro groups is 2. The Morgan fingerprint density at radius 1 is 1.20 bits per heavy atom. The first kappa shape index (κ1) is 22.2. The molecule has 0 saturated heterocycles. The second kappa shape index (κ2) is 11.7. The molecule has 0 bridgehead atoms. The van der Waals surface area contributed by atoms with Gasteiger partial charge in [-0.3, -0.25) is 20.2 Å². The van der Waals surface area contributed by atoms with Gasteiger partial charge in [-0.1, -0.05) is 32.3 Å². The Morgan fingerprint density at radius 2 is 1.72 bits per heavy atom. The van der Waals surface area contributed by atoms with E-state index in [4.69, 9.17) is 5.11 Å². The molecule has 25 heavy (non-hydrogen) atoms. The summed E-state index contributed by atoms with van der Waals surface area (Å²) in [5, 5.41) is 38.4. The Labute approximate surface area is 144 Å². The van der Waals surface area contributed by atoms with E-state index in [0.717, 1.165) is 31.4 Å². The fourth-order valence-electron chi connectivity index (χ4n) is 1.87. The van der Waals surface area contributed by atoms with Gasteiger partial charge in [-0.2, -0.15) is 0 Å². The number of nitro benzene ring substituents is 2. The number of aliphatic hydroxyl groups is 1. The van der Waals surface area contributed by atoms with Crippen molar-refractivity contribution >= 4 is 17.3 Å². The van der Waals surface area contributed by atoms with E-state index in [2.05, 4.69) is 13.5 Å². The van der Waals surface area contributed by atoms with Crippen LogP contribution in [0.4, 0.5) is 11.4 Å². The summed E-state index contributed by atoms with van der Waals surface area (Å²) >= 11 is 0. The minimum Gasteiger partial charge on any atom is -0.478 e.